The van der Waals surface area contributed by atoms with Gasteiger partial charge in [0.25, 0.3) is 0 Å². The van der Waals surface area contributed by atoms with E-state index in [0.717, 1.165) is 0 Å². The summed E-state index contributed by atoms with van der Waals surface area (Å²) in [5.41, 5.74) is -0.653. The Morgan fingerprint density at radius 2 is 2.25 bits per heavy atom. The average Bonchev–Trinajstić information content (AvgIpc) is 2.31. The van der Waals surface area contributed by atoms with Gasteiger partial charge in [0, 0.05) is 6.61 Å². The van der Waals surface area contributed by atoms with Crippen LogP contribution in [-0.2, 0) is 9.53 Å². The molecule has 3 nitrogen and oxygen atoms in total. The first-order valence-corrected chi connectivity index (χ1v) is 4.37. The molecular weight excluding hydrogens is 156 g/mol. The Morgan fingerprint density at radius 3 is 2.42 bits per heavy atom. The van der Waals surface area contributed by atoms with E-state index in [1.165, 1.54) is 0 Å². The van der Waals surface area contributed by atoms with E-state index >= 15 is 0 Å². The van der Waals surface area contributed by atoms with Crippen molar-refractivity contribution < 1.29 is 14.6 Å². The summed E-state index contributed by atoms with van der Waals surface area (Å²) in [6, 6.07) is 0. The summed E-state index contributed by atoms with van der Waals surface area (Å²) in [4.78, 5) is 11.1. The molecule has 1 fully saturated rings. The van der Waals surface area contributed by atoms with Crippen molar-refractivity contribution in [2.24, 2.45) is 11.3 Å². The Morgan fingerprint density at radius 1 is 1.67 bits per heavy atom. The van der Waals surface area contributed by atoms with Crippen LogP contribution in [0, 0.1) is 11.3 Å². The summed E-state index contributed by atoms with van der Waals surface area (Å²) in [6.45, 7) is 6.31. The number of hydrogen-bond donors (Lipinski definition) is 1. The van der Waals surface area contributed by atoms with E-state index in [1.807, 2.05) is 20.8 Å². The molecule has 0 spiro atoms. The molecule has 1 saturated heterocycles. The first-order valence-electron chi connectivity index (χ1n) is 4.37. The van der Waals surface area contributed by atoms with Crippen LogP contribution in [-0.4, -0.2) is 23.8 Å². The second kappa shape index (κ2) is 3.05. The van der Waals surface area contributed by atoms with Gasteiger partial charge in [-0.05, 0) is 19.3 Å². The highest BCUT2D eigenvalue weighted by Gasteiger charge is 2.50. The van der Waals surface area contributed by atoms with Crippen LogP contribution in [0.4, 0.5) is 0 Å². The smallest absolute Gasteiger partial charge is 0.312 e. The van der Waals surface area contributed by atoms with Gasteiger partial charge in [-0.25, -0.2) is 0 Å². The summed E-state index contributed by atoms with van der Waals surface area (Å²) in [6.07, 6.45) is 0.483. The largest absolute Gasteiger partial charge is 0.481 e. The Kier molecular flexibility index (Phi) is 2.42. The van der Waals surface area contributed by atoms with Gasteiger partial charge in [-0.2, -0.15) is 0 Å². The van der Waals surface area contributed by atoms with Crippen molar-refractivity contribution in [2.45, 2.75) is 33.3 Å². The molecule has 2 atom stereocenters. The average molecular weight is 172 g/mol. The topological polar surface area (TPSA) is 46.5 Å². The molecule has 70 valence electrons. The molecular formula is C9H16O3. The summed E-state index contributed by atoms with van der Waals surface area (Å²) >= 11 is 0. The third-order valence-electron chi connectivity index (χ3n) is 3.04. The summed E-state index contributed by atoms with van der Waals surface area (Å²) in [5, 5.41) is 9.12. The Hall–Kier alpha value is -0.570. The molecule has 1 heterocycles. The van der Waals surface area contributed by atoms with Crippen LogP contribution in [0.25, 0.3) is 0 Å². The third kappa shape index (κ3) is 1.12. The predicted molar refractivity (Wildman–Crippen MR) is 44.9 cm³/mol. The predicted octanol–water partition coefficient (Wildman–Crippen LogP) is 1.52. The second-order valence-corrected chi connectivity index (χ2v) is 3.76. The number of carboxylic acid groups (broad SMARTS) is 1. The minimum absolute atomic E-state index is 0.132. The summed E-state index contributed by atoms with van der Waals surface area (Å²) in [5.74, 6) is -0.588. The molecule has 0 aromatic rings. The molecule has 1 N–H and O–H groups in total. The standard InChI is InChI=1S/C9H16O3/c1-6(2)9(8(10)11)4-5-12-7(9)3/h6-7H,4-5H2,1-3H3,(H,10,11). The van der Waals surface area contributed by atoms with Gasteiger partial charge in [0.15, 0.2) is 0 Å². The molecule has 12 heavy (non-hydrogen) atoms. The molecule has 1 rings (SSSR count). The highest BCUT2D eigenvalue weighted by atomic mass is 16.5. The van der Waals surface area contributed by atoms with Crippen molar-refractivity contribution in [3.8, 4) is 0 Å². The van der Waals surface area contributed by atoms with Crippen LogP contribution < -0.4 is 0 Å². The molecule has 3 heteroatoms. The van der Waals surface area contributed by atoms with E-state index in [-0.39, 0.29) is 12.0 Å². The van der Waals surface area contributed by atoms with Gasteiger partial charge in [0.05, 0.1) is 11.5 Å². The highest BCUT2D eigenvalue weighted by molar-refractivity contribution is 5.76. The maximum Gasteiger partial charge on any atom is 0.312 e. The number of aliphatic carboxylic acids is 1. The van der Waals surface area contributed by atoms with Crippen molar-refractivity contribution in [1.29, 1.82) is 0 Å². The number of rotatable bonds is 2. The lowest BCUT2D eigenvalue weighted by Gasteiger charge is -2.31. The van der Waals surface area contributed by atoms with Crippen molar-refractivity contribution in [3.05, 3.63) is 0 Å². The van der Waals surface area contributed by atoms with Crippen molar-refractivity contribution in [3.63, 3.8) is 0 Å². The molecule has 0 aliphatic carbocycles. The zero-order valence-electron chi connectivity index (χ0n) is 7.83. The fourth-order valence-electron chi connectivity index (χ4n) is 2.04. The number of carbonyl (C=O) groups is 1. The molecule has 0 saturated carbocycles. The van der Waals surface area contributed by atoms with Gasteiger partial charge in [0.1, 0.15) is 0 Å². The summed E-state index contributed by atoms with van der Waals surface area (Å²) < 4.78 is 5.31. The van der Waals surface area contributed by atoms with Crippen molar-refractivity contribution in [1.82, 2.24) is 0 Å². The van der Waals surface area contributed by atoms with E-state index in [4.69, 9.17) is 9.84 Å². The quantitative estimate of drug-likeness (QED) is 0.687. The lowest BCUT2D eigenvalue weighted by molar-refractivity contribution is -0.155. The van der Waals surface area contributed by atoms with E-state index in [2.05, 4.69) is 0 Å². The highest BCUT2D eigenvalue weighted by Crippen LogP contribution is 2.41. The van der Waals surface area contributed by atoms with Crippen LogP contribution >= 0.6 is 0 Å². The minimum atomic E-state index is -0.720. The third-order valence-corrected chi connectivity index (χ3v) is 3.04. The first kappa shape index (κ1) is 9.52. The first-order chi connectivity index (χ1) is 5.51. The fraction of sp³-hybridized carbons (Fsp3) is 0.889. The number of carboxylic acids is 1. The van der Waals surface area contributed by atoms with Crippen molar-refractivity contribution >= 4 is 5.97 Å². The molecule has 0 bridgehead atoms. The molecule has 0 radical (unpaired) electrons. The number of ether oxygens (including phenoxy) is 1. The maximum absolute atomic E-state index is 11.1. The van der Waals surface area contributed by atoms with E-state index in [0.29, 0.717) is 13.0 Å². The minimum Gasteiger partial charge on any atom is -0.481 e. The van der Waals surface area contributed by atoms with Gasteiger partial charge in [-0.1, -0.05) is 13.8 Å². The monoisotopic (exact) mass is 172 g/mol. The molecule has 0 aromatic carbocycles. The molecule has 0 aromatic heterocycles. The Labute approximate surface area is 72.7 Å². The van der Waals surface area contributed by atoms with Gasteiger partial charge >= 0.3 is 5.97 Å². The Bertz CT molecular complexity index is 188. The summed E-state index contributed by atoms with van der Waals surface area (Å²) in [7, 11) is 0. The SMILES string of the molecule is CC(C)C1(C(=O)O)CCOC1C. The normalized spacial score (nSPS) is 35.8. The van der Waals surface area contributed by atoms with Crippen LogP contribution in [0.5, 0.6) is 0 Å². The maximum atomic E-state index is 11.1. The molecule has 0 amide bonds. The van der Waals surface area contributed by atoms with Crippen LogP contribution in [0.1, 0.15) is 27.2 Å². The van der Waals surface area contributed by atoms with Crippen LogP contribution in [0.2, 0.25) is 0 Å². The van der Waals surface area contributed by atoms with E-state index in [9.17, 15) is 4.79 Å². The van der Waals surface area contributed by atoms with Gasteiger partial charge in [0.2, 0.25) is 0 Å². The van der Waals surface area contributed by atoms with Crippen LogP contribution in [0.3, 0.4) is 0 Å². The zero-order valence-corrected chi connectivity index (χ0v) is 7.83. The number of hydrogen-bond acceptors (Lipinski definition) is 2. The van der Waals surface area contributed by atoms with Gasteiger partial charge in [-0.3, -0.25) is 4.79 Å². The van der Waals surface area contributed by atoms with Gasteiger partial charge < -0.3 is 9.84 Å². The van der Waals surface area contributed by atoms with Crippen LogP contribution in [0.15, 0.2) is 0 Å². The van der Waals surface area contributed by atoms with Gasteiger partial charge in [-0.15, -0.1) is 0 Å². The fourth-order valence-corrected chi connectivity index (χ4v) is 2.04. The Balaban J connectivity index is 2.93. The van der Waals surface area contributed by atoms with E-state index < -0.39 is 11.4 Å². The molecule has 1 aliphatic rings. The lowest BCUT2D eigenvalue weighted by atomic mass is 9.72. The van der Waals surface area contributed by atoms with Crippen molar-refractivity contribution in [2.75, 3.05) is 6.61 Å². The molecule has 2 unspecified atom stereocenters. The zero-order chi connectivity index (χ0) is 9.35. The second-order valence-electron chi connectivity index (χ2n) is 3.76. The molecule has 1 aliphatic heterocycles. The lowest BCUT2D eigenvalue weighted by Crippen LogP contribution is -2.41. The van der Waals surface area contributed by atoms with E-state index in [1.54, 1.807) is 0 Å².